The Kier molecular flexibility index (Phi) is 6.64. The van der Waals surface area contributed by atoms with Gasteiger partial charge in [-0.3, -0.25) is 4.72 Å². The minimum Gasteiger partial charge on any atom is -0.497 e. The first-order valence-corrected chi connectivity index (χ1v) is 11.2. The minimum absolute atomic E-state index is 0.0722. The molecule has 2 N–H and O–H groups in total. The fourth-order valence-corrected chi connectivity index (χ4v) is 4.55. The Hall–Kier alpha value is -2.74. The van der Waals surface area contributed by atoms with Gasteiger partial charge in [-0.2, -0.15) is 0 Å². The Morgan fingerprint density at radius 2 is 1.62 bits per heavy atom. The van der Waals surface area contributed by atoms with E-state index >= 15 is 0 Å². The molecule has 0 aliphatic carbocycles. The highest BCUT2D eigenvalue weighted by Gasteiger charge is 2.20. The summed E-state index contributed by atoms with van der Waals surface area (Å²) in [6.07, 6.45) is 5.53. The zero-order valence-corrected chi connectivity index (χ0v) is 17.2. The molecule has 2 aromatic rings. The topological polar surface area (TPSA) is 95.9 Å². The molecule has 0 amide bonds. The van der Waals surface area contributed by atoms with Crippen LogP contribution < -0.4 is 14.4 Å². The van der Waals surface area contributed by atoms with E-state index < -0.39 is 16.0 Å². The predicted octanol–water partition coefficient (Wildman–Crippen LogP) is 3.96. The van der Waals surface area contributed by atoms with Crippen molar-refractivity contribution < 1.29 is 23.1 Å². The Morgan fingerprint density at radius 3 is 2.21 bits per heavy atom. The molecule has 2 aromatic carbocycles. The van der Waals surface area contributed by atoms with Gasteiger partial charge in [0.25, 0.3) is 10.0 Å². The van der Waals surface area contributed by atoms with Crippen LogP contribution in [0.5, 0.6) is 5.75 Å². The van der Waals surface area contributed by atoms with Gasteiger partial charge < -0.3 is 14.7 Å². The molecule has 0 saturated carbocycles. The maximum atomic E-state index is 12.6. The summed E-state index contributed by atoms with van der Waals surface area (Å²) >= 11 is 0. The molecule has 29 heavy (non-hydrogen) atoms. The molecule has 7 nitrogen and oxygen atoms in total. The van der Waals surface area contributed by atoms with Crippen molar-refractivity contribution in [3.8, 4) is 5.75 Å². The summed E-state index contributed by atoms with van der Waals surface area (Å²) in [5.41, 5.74) is 0.946. The first-order valence-electron chi connectivity index (χ1n) is 9.70. The number of carboxylic acid groups (broad SMARTS) is 1. The van der Waals surface area contributed by atoms with Crippen molar-refractivity contribution in [2.24, 2.45) is 0 Å². The molecule has 1 saturated heterocycles. The SMILES string of the molecule is COc1ccc(S(=O)(=O)Nc2ccc(N3CCCCCCC3)c(C(=O)O)c2)cc1. The zero-order valence-electron chi connectivity index (χ0n) is 16.4. The third kappa shape index (κ3) is 5.20. The number of methoxy groups -OCH3 is 1. The molecule has 1 fully saturated rings. The van der Waals surface area contributed by atoms with E-state index in [4.69, 9.17) is 4.74 Å². The summed E-state index contributed by atoms with van der Waals surface area (Å²) in [7, 11) is -2.34. The standard InChI is InChI=1S/C21H26N2O5S/c1-28-17-8-10-18(11-9-17)29(26,27)22-16-7-12-20(19(15-16)21(24)25)23-13-5-3-2-4-6-14-23/h7-12,15,22H,2-6,13-14H2,1H3,(H,24,25). The number of sulfonamides is 1. The smallest absolute Gasteiger partial charge is 0.337 e. The molecule has 1 heterocycles. The van der Waals surface area contributed by atoms with Crippen LogP contribution in [0.2, 0.25) is 0 Å². The lowest BCUT2D eigenvalue weighted by molar-refractivity contribution is 0.0697. The Bertz CT molecular complexity index is 950. The molecule has 156 valence electrons. The summed E-state index contributed by atoms with van der Waals surface area (Å²) in [4.78, 5) is 14.0. The molecule has 0 radical (unpaired) electrons. The average molecular weight is 419 g/mol. The highest BCUT2D eigenvalue weighted by atomic mass is 32.2. The van der Waals surface area contributed by atoms with Crippen molar-refractivity contribution in [3.05, 3.63) is 48.0 Å². The Labute approximate surface area is 171 Å². The van der Waals surface area contributed by atoms with Crippen LogP contribution in [-0.4, -0.2) is 39.7 Å². The number of nitrogens with zero attached hydrogens (tertiary/aromatic N) is 1. The summed E-state index contributed by atoms with van der Waals surface area (Å²) in [6.45, 7) is 1.61. The lowest BCUT2D eigenvalue weighted by Crippen LogP contribution is -2.28. The van der Waals surface area contributed by atoms with E-state index in [0.29, 0.717) is 11.4 Å². The van der Waals surface area contributed by atoms with Gasteiger partial charge in [0.2, 0.25) is 0 Å². The quantitative estimate of drug-likeness (QED) is 0.737. The first kappa shape index (κ1) is 21.0. The molecule has 0 spiro atoms. The molecule has 0 unspecified atom stereocenters. The van der Waals surface area contributed by atoms with Gasteiger partial charge in [-0.1, -0.05) is 19.3 Å². The number of hydrogen-bond donors (Lipinski definition) is 2. The zero-order chi connectivity index (χ0) is 20.9. The molecule has 0 aromatic heterocycles. The van der Waals surface area contributed by atoms with Crippen molar-refractivity contribution in [2.75, 3.05) is 29.8 Å². The second-order valence-electron chi connectivity index (χ2n) is 7.07. The Balaban J connectivity index is 1.86. The number of rotatable bonds is 6. The lowest BCUT2D eigenvalue weighted by atomic mass is 10.1. The van der Waals surface area contributed by atoms with Crippen LogP contribution in [0.1, 0.15) is 42.5 Å². The van der Waals surface area contributed by atoms with E-state index in [9.17, 15) is 18.3 Å². The van der Waals surface area contributed by atoms with Crippen LogP contribution in [-0.2, 0) is 10.0 Å². The van der Waals surface area contributed by atoms with E-state index in [0.717, 1.165) is 38.8 Å². The molecular weight excluding hydrogens is 392 g/mol. The number of ether oxygens (including phenoxy) is 1. The third-order valence-electron chi connectivity index (χ3n) is 5.05. The van der Waals surface area contributed by atoms with Gasteiger partial charge in [0.15, 0.2) is 0 Å². The third-order valence-corrected chi connectivity index (χ3v) is 6.44. The van der Waals surface area contributed by atoms with Gasteiger partial charge >= 0.3 is 5.97 Å². The molecule has 8 heteroatoms. The minimum atomic E-state index is -3.84. The van der Waals surface area contributed by atoms with Crippen molar-refractivity contribution in [1.29, 1.82) is 0 Å². The van der Waals surface area contributed by atoms with E-state index in [2.05, 4.69) is 9.62 Å². The fraction of sp³-hybridized carbons (Fsp3) is 0.381. The molecule has 0 bridgehead atoms. The first-order chi connectivity index (χ1) is 13.9. The Morgan fingerprint density at radius 1 is 1.00 bits per heavy atom. The van der Waals surface area contributed by atoms with Gasteiger partial charge in [-0.25, -0.2) is 13.2 Å². The maximum absolute atomic E-state index is 12.6. The van der Waals surface area contributed by atoms with E-state index in [1.54, 1.807) is 24.3 Å². The summed E-state index contributed by atoms with van der Waals surface area (Å²) in [5.74, 6) is -0.526. The second-order valence-corrected chi connectivity index (χ2v) is 8.76. The predicted molar refractivity (Wildman–Crippen MR) is 113 cm³/mol. The van der Waals surface area contributed by atoms with Crippen LogP contribution in [0.4, 0.5) is 11.4 Å². The highest BCUT2D eigenvalue weighted by molar-refractivity contribution is 7.92. The van der Waals surface area contributed by atoms with Gasteiger partial charge in [-0.15, -0.1) is 0 Å². The van der Waals surface area contributed by atoms with Crippen LogP contribution in [0.25, 0.3) is 0 Å². The normalized spacial score (nSPS) is 15.3. The van der Waals surface area contributed by atoms with Crippen LogP contribution in [0.3, 0.4) is 0 Å². The molecule has 3 rings (SSSR count). The van der Waals surface area contributed by atoms with Crippen molar-refractivity contribution in [1.82, 2.24) is 0 Å². The van der Waals surface area contributed by atoms with E-state index in [-0.39, 0.29) is 16.1 Å². The van der Waals surface area contributed by atoms with E-state index in [1.807, 2.05) is 0 Å². The summed E-state index contributed by atoms with van der Waals surface area (Å²) < 4.78 is 32.8. The number of hydrogen-bond acceptors (Lipinski definition) is 5. The largest absolute Gasteiger partial charge is 0.497 e. The van der Waals surface area contributed by atoms with Gasteiger partial charge in [0.05, 0.1) is 23.3 Å². The van der Waals surface area contributed by atoms with Crippen molar-refractivity contribution >= 4 is 27.4 Å². The summed E-state index contributed by atoms with van der Waals surface area (Å²) in [6, 6.07) is 10.7. The van der Waals surface area contributed by atoms with Crippen molar-refractivity contribution in [3.63, 3.8) is 0 Å². The van der Waals surface area contributed by atoms with Crippen LogP contribution in [0.15, 0.2) is 47.4 Å². The number of anilines is 2. The molecule has 0 atom stereocenters. The average Bonchev–Trinajstić information content (AvgIpc) is 2.68. The summed E-state index contributed by atoms with van der Waals surface area (Å²) in [5, 5.41) is 9.70. The van der Waals surface area contributed by atoms with Crippen LogP contribution in [0, 0.1) is 0 Å². The highest BCUT2D eigenvalue weighted by Crippen LogP contribution is 2.28. The number of benzene rings is 2. The van der Waals surface area contributed by atoms with E-state index in [1.165, 1.54) is 31.7 Å². The maximum Gasteiger partial charge on any atom is 0.337 e. The van der Waals surface area contributed by atoms with Crippen molar-refractivity contribution in [2.45, 2.75) is 37.0 Å². The number of nitrogens with one attached hydrogen (secondary N) is 1. The number of carboxylic acids is 1. The van der Waals surface area contributed by atoms with Gasteiger partial charge in [0.1, 0.15) is 5.75 Å². The monoisotopic (exact) mass is 418 g/mol. The van der Waals surface area contributed by atoms with Gasteiger partial charge in [-0.05, 0) is 55.3 Å². The fourth-order valence-electron chi connectivity index (χ4n) is 3.50. The number of aromatic carboxylic acids is 1. The van der Waals surface area contributed by atoms with Gasteiger partial charge in [0, 0.05) is 18.8 Å². The lowest BCUT2D eigenvalue weighted by Gasteiger charge is -2.28. The molecule has 1 aliphatic rings. The second kappa shape index (κ2) is 9.17. The molecular formula is C21H26N2O5S. The number of carbonyl (C=O) groups is 1. The van der Waals surface area contributed by atoms with Crippen LogP contribution >= 0.6 is 0 Å². The molecule has 1 aliphatic heterocycles.